The van der Waals surface area contributed by atoms with Crippen molar-refractivity contribution in [2.75, 3.05) is 25.0 Å². The first-order chi connectivity index (χ1) is 12.7. The Kier molecular flexibility index (Phi) is 4.71. The van der Waals surface area contributed by atoms with Gasteiger partial charge in [0.05, 0.1) is 0 Å². The third-order valence-corrected chi connectivity index (χ3v) is 4.97. The highest BCUT2D eigenvalue weighted by atomic mass is 16.5. The molecule has 4 rings (SSSR count). The Balaban J connectivity index is 1.36. The second kappa shape index (κ2) is 7.29. The van der Waals surface area contributed by atoms with E-state index >= 15 is 0 Å². The van der Waals surface area contributed by atoms with Crippen LogP contribution in [0.15, 0.2) is 52.1 Å². The third-order valence-electron chi connectivity index (χ3n) is 4.97. The number of hydrazone groups is 1. The van der Waals surface area contributed by atoms with Crippen LogP contribution in [0.3, 0.4) is 0 Å². The maximum absolute atomic E-state index is 9.64. The molecule has 1 N–H and O–H groups in total. The molecule has 2 aromatic rings. The zero-order valence-electron chi connectivity index (χ0n) is 14.8. The lowest BCUT2D eigenvalue weighted by molar-refractivity contribution is 0.0633. The number of likely N-dealkylation sites (N-methyl/N-ethyl adjacent to an activating group) is 1. The van der Waals surface area contributed by atoms with Gasteiger partial charge >= 0.3 is 0 Å². The number of allylic oxidation sites excluding steroid dienone is 1. The lowest BCUT2D eigenvalue weighted by Crippen LogP contribution is -2.35. The number of anilines is 1. The van der Waals surface area contributed by atoms with Gasteiger partial charge in [0.15, 0.2) is 6.23 Å². The number of rotatable bonds is 4. The van der Waals surface area contributed by atoms with E-state index in [1.165, 1.54) is 10.6 Å². The number of aliphatic hydroxyl groups is 1. The molecule has 0 aliphatic carbocycles. The number of piperidine rings is 1. The lowest BCUT2D eigenvalue weighted by atomic mass is 9.90. The minimum Gasteiger partial charge on any atom is -0.369 e. The predicted molar refractivity (Wildman–Crippen MR) is 98.8 cm³/mol. The van der Waals surface area contributed by atoms with Gasteiger partial charge in [-0.2, -0.15) is 10.1 Å². The van der Waals surface area contributed by atoms with E-state index in [-0.39, 0.29) is 0 Å². The summed E-state index contributed by atoms with van der Waals surface area (Å²) in [6.45, 7) is 1.86. The Morgan fingerprint density at radius 2 is 1.96 bits per heavy atom. The van der Waals surface area contributed by atoms with Gasteiger partial charge in [-0.05, 0) is 48.1 Å². The first-order valence-corrected chi connectivity index (χ1v) is 9.00. The van der Waals surface area contributed by atoms with Crippen LogP contribution in [-0.4, -0.2) is 52.3 Å². The highest BCUT2D eigenvalue weighted by Gasteiger charge is 2.24. The van der Waals surface area contributed by atoms with Gasteiger partial charge < -0.3 is 14.5 Å². The predicted octanol–water partition coefficient (Wildman–Crippen LogP) is 2.05. The quantitative estimate of drug-likeness (QED) is 0.906. The zero-order valence-corrected chi connectivity index (χ0v) is 14.8. The van der Waals surface area contributed by atoms with E-state index in [0.717, 1.165) is 32.4 Å². The topological polar surface area (TPSA) is 78.0 Å². The van der Waals surface area contributed by atoms with Crippen molar-refractivity contribution in [3.05, 3.63) is 53.9 Å². The molecule has 1 fully saturated rings. The van der Waals surface area contributed by atoms with Crippen molar-refractivity contribution < 1.29 is 9.63 Å². The molecule has 1 aromatic carbocycles. The number of hydrogen-bond acceptors (Lipinski definition) is 7. The molecule has 26 heavy (non-hydrogen) atoms. The molecule has 0 saturated carbocycles. The highest BCUT2D eigenvalue weighted by molar-refractivity contribution is 6.05. The van der Waals surface area contributed by atoms with Gasteiger partial charge in [0.1, 0.15) is 5.71 Å². The van der Waals surface area contributed by atoms with E-state index in [2.05, 4.69) is 50.5 Å². The Morgan fingerprint density at radius 3 is 2.69 bits per heavy atom. The summed E-state index contributed by atoms with van der Waals surface area (Å²) in [7, 11) is 1.70. The summed E-state index contributed by atoms with van der Waals surface area (Å²) in [6, 6.07) is 10.7. The SMILES string of the molecule is CN1N=C(c2nc(N3CCC(Cc4ccccc4)CC3)no2)C=CC1O. The number of nitrogens with zero attached hydrogens (tertiary/aromatic N) is 5. The molecule has 136 valence electrons. The summed E-state index contributed by atoms with van der Waals surface area (Å²) >= 11 is 0. The Labute approximate surface area is 152 Å². The van der Waals surface area contributed by atoms with E-state index in [9.17, 15) is 5.11 Å². The fraction of sp³-hybridized carbons (Fsp3) is 0.421. The van der Waals surface area contributed by atoms with Crippen LogP contribution >= 0.6 is 0 Å². The van der Waals surface area contributed by atoms with Crippen molar-refractivity contribution in [3.63, 3.8) is 0 Å². The van der Waals surface area contributed by atoms with Gasteiger partial charge in [0.2, 0.25) is 0 Å². The maximum atomic E-state index is 9.64. The zero-order chi connectivity index (χ0) is 17.9. The average molecular weight is 353 g/mol. The smallest absolute Gasteiger partial charge is 0.279 e. The largest absolute Gasteiger partial charge is 0.369 e. The number of aromatic nitrogens is 2. The number of benzene rings is 1. The van der Waals surface area contributed by atoms with Crippen molar-refractivity contribution in [1.82, 2.24) is 15.1 Å². The third kappa shape index (κ3) is 3.62. The van der Waals surface area contributed by atoms with Crippen LogP contribution in [0.5, 0.6) is 0 Å². The van der Waals surface area contributed by atoms with Gasteiger partial charge in [0.25, 0.3) is 11.8 Å². The van der Waals surface area contributed by atoms with E-state index < -0.39 is 6.23 Å². The van der Waals surface area contributed by atoms with Crippen LogP contribution < -0.4 is 4.90 Å². The first-order valence-electron chi connectivity index (χ1n) is 9.00. The molecule has 1 atom stereocenters. The molecule has 7 heteroatoms. The van der Waals surface area contributed by atoms with Gasteiger partial charge in [-0.1, -0.05) is 30.3 Å². The van der Waals surface area contributed by atoms with Gasteiger partial charge in [-0.25, -0.2) is 0 Å². The molecule has 0 spiro atoms. The molecule has 0 bridgehead atoms. The van der Waals surface area contributed by atoms with Crippen molar-refractivity contribution >= 4 is 11.7 Å². The van der Waals surface area contributed by atoms with Crippen LogP contribution in [0.4, 0.5) is 5.95 Å². The fourth-order valence-electron chi connectivity index (χ4n) is 3.41. The van der Waals surface area contributed by atoms with Crippen LogP contribution in [0.2, 0.25) is 0 Å². The number of hydrogen-bond donors (Lipinski definition) is 1. The Bertz CT molecular complexity index is 793. The van der Waals surface area contributed by atoms with Crippen molar-refractivity contribution in [2.45, 2.75) is 25.5 Å². The molecular formula is C19H23N5O2. The summed E-state index contributed by atoms with van der Waals surface area (Å²) in [5.41, 5.74) is 1.97. The Morgan fingerprint density at radius 1 is 1.19 bits per heavy atom. The van der Waals surface area contributed by atoms with Crippen molar-refractivity contribution in [2.24, 2.45) is 11.0 Å². The van der Waals surface area contributed by atoms with E-state index in [1.54, 1.807) is 19.2 Å². The second-order valence-corrected chi connectivity index (χ2v) is 6.85. The monoisotopic (exact) mass is 353 g/mol. The normalized spacial score (nSPS) is 21.2. The van der Waals surface area contributed by atoms with Gasteiger partial charge in [-0.15, -0.1) is 0 Å². The summed E-state index contributed by atoms with van der Waals surface area (Å²) in [5.74, 6) is 1.69. The van der Waals surface area contributed by atoms with Gasteiger partial charge in [-0.3, -0.25) is 5.01 Å². The minimum atomic E-state index is -0.718. The van der Waals surface area contributed by atoms with Crippen molar-refractivity contribution in [1.29, 1.82) is 0 Å². The Hall–Kier alpha value is -2.67. The van der Waals surface area contributed by atoms with Crippen molar-refractivity contribution in [3.8, 4) is 0 Å². The summed E-state index contributed by atoms with van der Waals surface area (Å²) < 4.78 is 5.37. The second-order valence-electron chi connectivity index (χ2n) is 6.85. The molecule has 2 aliphatic rings. The highest BCUT2D eigenvalue weighted by Crippen LogP contribution is 2.24. The molecule has 1 aromatic heterocycles. The molecular weight excluding hydrogens is 330 g/mol. The molecule has 0 radical (unpaired) electrons. The maximum Gasteiger partial charge on any atom is 0.279 e. The standard InChI is InChI=1S/C19H23N5O2/c1-23-17(25)8-7-16(21-23)18-20-19(22-26-18)24-11-9-15(10-12-24)13-14-5-3-2-4-6-14/h2-8,15,17,25H,9-13H2,1H3. The summed E-state index contributed by atoms with van der Waals surface area (Å²) in [4.78, 5) is 6.65. The molecule has 1 unspecified atom stereocenters. The summed E-state index contributed by atoms with van der Waals surface area (Å²) in [6.07, 6.45) is 5.99. The van der Waals surface area contributed by atoms with Crippen LogP contribution in [0, 0.1) is 5.92 Å². The molecule has 1 saturated heterocycles. The minimum absolute atomic E-state index is 0.376. The lowest BCUT2D eigenvalue weighted by Gasteiger charge is -2.30. The van der Waals surface area contributed by atoms with E-state index in [4.69, 9.17) is 4.52 Å². The number of aliphatic hydroxyl groups excluding tert-OH is 1. The summed E-state index contributed by atoms with van der Waals surface area (Å²) in [5, 5.41) is 19.5. The van der Waals surface area contributed by atoms with E-state index in [1.807, 2.05) is 0 Å². The average Bonchev–Trinajstić information content (AvgIpc) is 3.16. The first kappa shape index (κ1) is 16.8. The van der Waals surface area contributed by atoms with Gasteiger partial charge in [0, 0.05) is 20.1 Å². The molecule has 7 nitrogen and oxygen atoms in total. The molecule has 0 amide bonds. The van der Waals surface area contributed by atoms with E-state index in [0.29, 0.717) is 23.5 Å². The van der Waals surface area contributed by atoms with Crippen LogP contribution in [0.25, 0.3) is 0 Å². The molecule has 3 heterocycles. The molecule has 2 aliphatic heterocycles. The fourth-order valence-corrected chi connectivity index (χ4v) is 3.41. The van der Waals surface area contributed by atoms with Crippen LogP contribution in [-0.2, 0) is 6.42 Å². The van der Waals surface area contributed by atoms with Crippen LogP contribution in [0.1, 0.15) is 24.3 Å².